The molecule has 1 aromatic carbocycles. The smallest absolute Gasteiger partial charge is 0.101 e. The van der Waals surface area contributed by atoms with Gasteiger partial charge in [0, 0.05) is 17.6 Å². The predicted octanol–water partition coefficient (Wildman–Crippen LogP) is 3.72. The summed E-state index contributed by atoms with van der Waals surface area (Å²) in [6.45, 7) is 9.63. The Bertz CT molecular complexity index is 432. The molecule has 2 nitrogen and oxygen atoms in total. The van der Waals surface area contributed by atoms with E-state index in [9.17, 15) is 0 Å². The topological polar surface area (TPSA) is 27.0 Å². The highest BCUT2D eigenvalue weighted by Crippen LogP contribution is 2.24. The lowest BCUT2D eigenvalue weighted by molar-refractivity contribution is 0.878. The van der Waals surface area contributed by atoms with Crippen molar-refractivity contribution in [1.29, 1.82) is 5.26 Å². The summed E-state index contributed by atoms with van der Waals surface area (Å²) in [5, 5.41) is 9.10. The largest absolute Gasteiger partial charge is 0.367 e. The van der Waals surface area contributed by atoms with Crippen LogP contribution in [0.4, 0.5) is 5.69 Å². The number of anilines is 1. The van der Waals surface area contributed by atoms with Crippen LogP contribution >= 0.6 is 15.9 Å². The highest BCUT2D eigenvalue weighted by atomic mass is 79.9. The molecule has 0 aliphatic rings. The van der Waals surface area contributed by atoms with Gasteiger partial charge in [0.05, 0.1) is 11.3 Å². The van der Waals surface area contributed by atoms with Gasteiger partial charge in [-0.3, -0.25) is 0 Å². The van der Waals surface area contributed by atoms with Crippen molar-refractivity contribution in [3.63, 3.8) is 0 Å². The minimum Gasteiger partial charge on any atom is -0.367 e. The maximum absolute atomic E-state index is 9.10. The Hall–Kier alpha value is -1.27. The van der Waals surface area contributed by atoms with Crippen molar-refractivity contribution in [3.8, 4) is 6.07 Å². The van der Waals surface area contributed by atoms with Crippen molar-refractivity contribution in [2.75, 3.05) is 18.0 Å². The molecule has 0 spiro atoms. The Kier molecular flexibility index (Phi) is 4.57. The standard InChI is InChI=1S/C13H15BrN2/c1-4-16(9-10(2)3)13-6-5-12(14)7-11(13)8-15/h5-7H,2,4,9H2,1,3H3. The summed E-state index contributed by atoms with van der Waals surface area (Å²) in [6.07, 6.45) is 0. The van der Waals surface area contributed by atoms with Gasteiger partial charge in [-0.1, -0.05) is 28.1 Å². The van der Waals surface area contributed by atoms with E-state index in [0.29, 0.717) is 5.56 Å². The molecule has 0 N–H and O–H groups in total. The van der Waals surface area contributed by atoms with Gasteiger partial charge in [0.2, 0.25) is 0 Å². The summed E-state index contributed by atoms with van der Waals surface area (Å²) in [4.78, 5) is 2.15. The zero-order chi connectivity index (χ0) is 12.1. The van der Waals surface area contributed by atoms with Crippen LogP contribution in [-0.4, -0.2) is 13.1 Å². The average Bonchev–Trinajstić information content (AvgIpc) is 2.25. The number of nitriles is 1. The first-order valence-corrected chi connectivity index (χ1v) is 5.96. The Labute approximate surface area is 105 Å². The van der Waals surface area contributed by atoms with Crippen LogP contribution in [-0.2, 0) is 0 Å². The molecule has 0 heterocycles. The minimum absolute atomic E-state index is 0.692. The van der Waals surface area contributed by atoms with Crippen molar-refractivity contribution in [1.82, 2.24) is 0 Å². The molecule has 1 aromatic rings. The van der Waals surface area contributed by atoms with Gasteiger partial charge in [-0.15, -0.1) is 0 Å². The van der Waals surface area contributed by atoms with E-state index in [4.69, 9.17) is 5.26 Å². The third-order valence-electron chi connectivity index (χ3n) is 2.26. The van der Waals surface area contributed by atoms with Gasteiger partial charge in [0.25, 0.3) is 0 Å². The van der Waals surface area contributed by atoms with Crippen molar-refractivity contribution < 1.29 is 0 Å². The molecule has 0 saturated carbocycles. The number of hydrogen-bond donors (Lipinski definition) is 0. The molecule has 0 saturated heterocycles. The Morgan fingerprint density at radius 2 is 2.25 bits per heavy atom. The molecule has 1 rings (SSSR count). The number of likely N-dealkylation sites (N-methyl/N-ethyl adjacent to an activating group) is 1. The Morgan fingerprint density at radius 3 is 2.75 bits per heavy atom. The third kappa shape index (κ3) is 3.11. The van der Waals surface area contributed by atoms with Crippen LogP contribution in [0.15, 0.2) is 34.8 Å². The molecule has 0 aliphatic heterocycles. The van der Waals surface area contributed by atoms with Crippen LogP contribution in [0.1, 0.15) is 19.4 Å². The predicted molar refractivity (Wildman–Crippen MR) is 71.6 cm³/mol. The lowest BCUT2D eigenvalue weighted by atomic mass is 10.1. The Morgan fingerprint density at radius 1 is 1.56 bits per heavy atom. The molecule has 0 bridgehead atoms. The first kappa shape index (κ1) is 12.8. The van der Waals surface area contributed by atoms with E-state index in [-0.39, 0.29) is 0 Å². The number of nitrogens with zero attached hydrogens (tertiary/aromatic N) is 2. The van der Waals surface area contributed by atoms with Gasteiger partial charge in [0.15, 0.2) is 0 Å². The Balaban J connectivity index is 3.10. The van der Waals surface area contributed by atoms with E-state index in [2.05, 4.69) is 40.4 Å². The minimum atomic E-state index is 0.692. The summed E-state index contributed by atoms with van der Waals surface area (Å²) in [5.41, 5.74) is 2.75. The van der Waals surface area contributed by atoms with E-state index in [0.717, 1.165) is 28.8 Å². The second-order valence-corrected chi connectivity index (χ2v) is 4.66. The van der Waals surface area contributed by atoms with Crippen molar-refractivity contribution in [2.45, 2.75) is 13.8 Å². The molecule has 3 heteroatoms. The van der Waals surface area contributed by atoms with E-state index in [1.807, 2.05) is 25.1 Å². The SMILES string of the molecule is C=C(C)CN(CC)c1ccc(Br)cc1C#N. The molecule has 16 heavy (non-hydrogen) atoms. The second-order valence-electron chi connectivity index (χ2n) is 3.74. The molecule has 0 aromatic heterocycles. The number of halogens is 1. The van der Waals surface area contributed by atoms with Gasteiger partial charge in [-0.05, 0) is 32.0 Å². The summed E-state index contributed by atoms with van der Waals surface area (Å²) >= 11 is 3.37. The average molecular weight is 279 g/mol. The van der Waals surface area contributed by atoms with Gasteiger partial charge >= 0.3 is 0 Å². The molecule has 0 unspecified atom stereocenters. The number of hydrogen-bond acceptors (Lipinski definition) is 2. The fraction of sp³-hybridized carbons (Fsp3) is 0.308. The maximum atomic E-state index is 9.10. The highest BCUT2D eigenvalue weighted by molar-refractivity contribution is 9.10. The molecule has 0 radical (unpaired) electrons. The summed E-state index contributed by atoms with van der Waals surface area (Å²) in [5.74, 6) is 0. The van der Waals surface area contributed by atoms with Crippen molar-refractivity contribution in [2.24, 2.45) is 0 Å². The zero-order valence-electron chi connectivity index (χ0n) is 9.63. The van der Waals surface area contributed by atoms with Crippen molar-refractivity contribution in [3.05, 3.63) is 40.4 Å². The lowest BCUT2D eigenvalue weighted by Crippen LogP contribution is -2.25. The molecular formula is C13H15BrN2. The maximum Gasteiger partial charge on any atom is 0.101 e. The molecule has 0 aliphatic carbocycles. The lowest BCUT2D eigenvalue weighted by Gasteiger charge is -2.24. The van der Waals surface area contributed by atoms with E-state index < -0.39 is 0 Å². The first-order valence-electron chi connectivity index (χ1n) is 5.17. The third-order valence-corrected chi connectivity index (χ3v) is 2.76. The monoisotopic (exact) mass is 278 g/mol. The van der Waals surface area contributed by atoms with Crippen LogP contribution < -0.4 is 4.90 Å². The molecule has 0 fully saturated rings. The second kappa shape index (κ2) is 5.72. The number of benzene rings is 1. The first-order chi connectivity index (χ1) is 7.58. The summed E-state index contributed by atoms with van der Waals surface area (Å²) < 4.78 is 0.930. The van der Waals surface area contributed by atoms with Crippen LogP contribution in [0.5, 0.6) is 0 Å². The summed E-state index contributed by atoms with van der Waals surface area (Å²) in [6, 6.07) is 7.99. The molecule has 0 atom stereocenters. The van der Waals surface area contributed by atoms with Gasteiger partial charge < -0.3 is 4.90 Å². The van der Waals surface area contributed by atoms with Crippen molar-refractivity contribution >= 4 is 21.6 Å². The van der Waals surface area contributed by atoms with Crippen LogP contribution in [0.2, 0.25) is 0 Å². The van der Waals surface area contributed by atoms with Gasteiger partial charge in [-0.25, -0.2) is 0 Å². The fourth-order valence-corrected chi connectivity index (χ4v) is 1.93. The van der Waals surface area contributed by atoms with Gasteiger partial charge in [-0.2, -0.15) is 5.26 Å². The molecular weight excluding hydrogens is 264 g/mol. The van der Waals surface area contributed by atoms with Crippen LogP contribution in [0, 0.1) is 11.3 Å². The quantitative estimate of drug-likeness (QED) is 0.785. The molecule has 84 valence electrons. The highest BCUT2D eigenvalue weighted by Gasteiger charge is 2.09. The van der Waals surface area contributed by atoms with E-state index in [1.165, 1.54) is 0 Å². The van der Waals surface area contributed by atoms with Crippen LogP contribution in [0.3, 0.4) is 0 Å². The zero-order valence-corrected chi connectivity index (χ0v) is 11.2. The van der Waals surface area contributed by atoms with E-state index >= 15 is 0 Å². The molecule has 0 amide bonds. The van der Waals surface area contributed by atoms with Gasteiger partial charge in [0.1, 0.15) is 6.07 Å². The van der Waals surface area contributed by atoms with Crippen LogP contribution in [0.25, 0.3) is 0 Å². The number of rotatable bonds is 4. The fourth-order valence-electron chi connectivity index (χ4n) is 1.57. The normalized spacial score (nSPS) is 9.62. The van der Waals surface area contributed by atoms with E-state index in [1.54, 1.807) is 0 Å². The summed E-state index contributed by atoms with van der Waals surface area (Å²) in [7, 11) is 0.